The van der Waals surface area contributed by atoms with Crippen LogP contribution < -0.4 is 16.6 Å². The summed E-state index contributed by atoms with van der Waals surface area (Å²) in [6.45, 7) is 1.45. The van der Waals surface area contributed by atoms with Crippen LogP contribution in [0.3, 0.4) is 0 Å². The Morgan fingerprint density at radius 2 is 2.10 bits per heavy atom. The zero-order valence-electron chi connectivity index (χ0n) is 10.9. The third-order valence-electron chi connectivity index (χ3n) is 2.78. The molecule has 1 amide bonds. The second-order valence-electron chi connectivity index (χ2n) is 4.44. The first-order valence-corrected chi connectivity index (χ1v) is 5.97. The molecule has 1 heterocycles. The minimum atomic E-state index is -0.430. The molecule has 0 atom stereocenters. The fourth-order valence-corrected chi connectivity index (χ4v) is 1.70. The van der Waals surface area contributed by atoms with Crippen LogP contribution in [0.25, 0.3) is 0 Å². The molecule has 0 fully saturated rings. The molecule has 0 spiro atoms. The van der Waals surface area contributed by atoms with Crippen molar-refractivity contribution in [1.82, 2.24) is 4.57 Å². The predicted octanol–water partition coefficient (Wildman–Crippen LogP) is 1.52. The lowest BCUT2D eigenvalue weighted by molar-refractivity contribution is -0.116. The van der Waals surface area contributed by atoms with Gasteiger partial charge in [-0.2, -0.15) is 0 Å². The van der Waals surface area contributed by atoms with Crippen LogP contribution in [-0.2, 0) is 11.3 Å². The zero-order chi connectivity index (χ0) is 14.7. The summed E-state index contributed by atoms with van der Waals surface area (Å²) in [6.07, 6.45) is 1.39. The quantitative estimate of drug-likeness (QED) is 0.891. The van der Waals surface area contributed by atoms with Crippen molar-refractivity contribution in [1.29, 1.82) is 0 Å². The van der Waals surface area contributed by atoms with Crippen LogP contribution in [0, 0.1) is 12.7 Å². The smallest absolute Gasteiger partial charge is 0.251 e. The van der Waals surface area contributed by atoms with Gasteiger partial charge < -0.3 is 15.6 Å². The van der Waals surface area contributed by atoms with Gasteiger partial charge in [0.1, 0.15) is 12.4 Å². The highest BCUT2D eigenvalue weighted by molar-refractivity contribution is 5.90. The number of amides is 1. The molecule has 5 nitrogen and oxygen atoms in total. The van der Waals surface area contributed by atoms with E-state index >= 15 is 0 Å². The van der Waals surface area contributed by atoms with Gasteiger partial charge in [0.25, 0.3) is 5.56 Å². The number of pyridine rings is 1. The number of benzene rings is 1. The number of nitrogens with zero attached hydrogens (tertiary/aromatic N) is 1. The van der Waals surface area contributed by atoms with Gasteiger partial charge in [0.2, 0.25) is 5.91 Å². The molecule has 0 aliphatic rings. The van der Waals surface area contributed by atoms with Crippen molar-refractivity contribution in [2.24, 2.45) is 0 Å². The number of hydrogen-bond acceptors (Lipinski definition) is 3. The van der Waals surface area contributed by atoms with E-state index in [1.165, 1.54) is 29.0 Å². The van der Waals surface area contributed by atoms with Crippen LogP contribution in [0.5, 0.6) is 0 Å². The summed E-state index contributed by atoms with van der Waals surface area (Å²) in [7, 11) is 0. The Labute approximate surface area is 114 Å². The molecule has 0 aliphatic carbocycles. The number of carbonyl (C=O) groups excluding carboxylic acids is 1. The molecule has 0 unspecified atom stereocenters. The van der Waals surface area contributed by atoms with E-state index in [0.29, 0.717) is 16.9 Å². The second kappa shape index (κ2) is 5.56. The van der Waals surface area contributed by atoms with Gasteiger partial charge in [0, 0.05) is 23.6 Å². The standard InChI is InChI=1S/C14H14FN3O2/c1-9-2-4-11(6-12(9)15)17-13(19)8-18-7-10(16)3-5-14(18)20/h2-7H,8,16H2,1H3,(H,17,19). The number of hydrogen-bond donors (Lipinski definition) is 2. The first kappa shape index (κ1) is 13.8. The molecule has 104 valence electrons. The normalized spacial score (nSPS) is 10.3. The Kier molecular flexibility index (Phi) is 3.84. The Hall–Kier alpha value is -2.63. The molecule has 0 aliphatic heterocycles. The Bertz CT molecular complexity index is 710. The number of nitrogens with one attached hydrogen (secondary N) is 1. The SMILES string of the molecule is Cc1ccc(NC(=O)Cn2cc(N)ccc2=O)cc1F. The van der Waals surface area contributed by atoms with Gasteiger partial charge >= 0.3 is 0 Å². The summed E-state index contributed by atoms with van der Waals surface area (Å²) in [5.74, 6) is -0.829. The maximum Gasteiger partial charge on any atom is 0.251 e. The van der Waals surface area contributed by atoms with Gasteiger partial charge in [-0.25, -0.2) is 4.39 Å². The molecule has 2 aromatic rings. The molecule has 6 heteroatoms. The van der Waals surface area contributed by atoms with Crippen molar-refractivity contribution in [3.8, 4) is 0 Å². The van der Waals surface area contributed by atoms with Crippen molar-refractivity contribution in [3.05, 3.63) is 58.3 Å². The molecule has 2 rings (SSSR count). The molecule has 0 radical (unpaired) electrons. The molecular weight excluding hydrogens is 261 g/mol. The monoisotopic (exact) mass is 275 g/mol. The molecule has 20 heavy (non-hydrogen) atoms. The minimum Gasteiger partial charge on any atom is -0.398 e. The second-order valence-corrected chi connectivity index (χ2v) is 4.44. The number of carbonyl (C=O) groups is 1. The lowest BCUT2D eigenvalue weighted by atomic mass is 10.2. The summed E-state index contributed by atoms with van der Waals surface area (Å²) in [6, 6.07) is 7.14. The average Bonchev–Trinajstić information content (AvgIpc) is 2.38. The number of rotatable bonds is 3. The zero-order valence-corrected chi connectivity index (χ0v) is 10.9. The highest BCUT2D eigenvalue weighted by atomic mass is 19.1. The molecule has 1 aromatic carbocycles. The molecule has 1 aromatic heterocycles. The number of aryl methyl sites for hydroxylation is 1. The van der Waals surface area contributed by atoms with Crippen molar-refractivity contribution in [3.63, 3.8) is 0 Å². The molecule has 0 bridgehead atoms. The van der Waals surface area contributed by atoms with E-state index in [2.05, 4.69) is 5.32 Å². The van der Waals surface area contributed by atoms with Crippen molar-refractivity contribution >= 4 is 17.3 Å². The van der Waals surface area contributed by atoms with E-state index in [-0.39, 0.29) is 12.1 Å². The van der Waals surface area contributed by atoms with Gasteiger partial charge in [0.15, 0.2) is 0 Å². The topological polar surface area (TPSA) is 77.1 Å². The number of nitrogen functional groups attached to an aromatic ring is 1. The van der Waals surface area contributed by atoms with E-state index < -0.39 is 11.7 Å². The highest BCUT2D eigenvalue weighted by Crippen LogP contribution is 2.13. The van der Waals surface area contributed by atoms with E-state index in [4.69, 9.17) is 5.73 Å². The maximum absolute atomic E-state index is 13.4. The Balaban J connectivity index is 2.11. The van der Waals surface area contributed by atoms with Gasteiger partial charge in [-0.3, -0.25) is 9.59 Å². The van der Waals surface area contributed by atoms with Crippen LogP contribution in [0.1, 0.15) is 5.56 Å². The summed E-state index contributed by atoms with van der Waals surface area (Å²) < 4.78 is 14.5. The average molecular weight is 275 g/mol. The van der Waals surface area contributed by atoms with Gasteiger partial charge in [0.05, 0.1) is 0 Å². The van der Waals surface area contributed by atoms with Crippen molar-refractivity contribution < 1.29 is 9.18 Å². The lowest BCUT2D eigenvalue weighted by Crippen LogP contribution is -2.27. The van der Waals surface area contributed by atoms with Gasteiger partial charge in [-0.05, 0) is 30.7 Å². The number of halogens is 1. The molecular formula is C14H14FN3O2. The third kappa shape index (κ3) is 3.23. The first-order chi connectivity index (χ1) is 9.45. The Morgan fingerprint density at radius 1 is 1.35 bits per heavy atom. The number of anilines is 2. The van der Waals surface area contributed by atoms with Crippen molar-refractivity contribution in [2.75, 3.05) is 11.1 Å². The summed E-state index contributed by atoms with van der Waals surface area (Å²) in [5, 5.41) is 2.53. The van der Waals surface area contributed by atoms with Crippen LogP contribution in [0.2, 0.25) is 0 Å². The fourth-order valence-electron chi connectivity index (χ4n) is 1.70. The van der Waals surface area contributed by atoms with E-state index in [0.717, 1.165) is 0 Å². The van der Waals surface area contributed by atoms with Crippen LogP contribution >= 0.6 is 0 Å². The van der Waals surface area contributed by atoms with Gasteiger partial charge in [-0.15, -0.1) is 0 Å². The number of aromatic nitrogens is 1. The molecule has 3 N–H and O–H groups in total. The molecule has 0 saturated carbocycles. The van der Waals surface area contributed by atoms with E-state index in [9.17, 15) is 14.0 Å². The van der Waals surface area contributed by atoms with Gasteiger partial charge in [-0.1, -0.05) is 6.07 Å². The van der Waals surface area contributed by atoms with Crippen LogP contribution in [-0.4, -0.2) is 10.5 Å². The van der Waals surface area contributed by atoms with E-state index in [1.807, 2.05) is 0 Å². The first-order valence-electron chi connectivity index (χ1n) is 5.97. The largest absolute Gasteiger partial charge is 0.398 e. The summed E-state index contributed by atoms with van der Waals surface area (Å²) in [4.78, 5) is 23.3. The maximum atomic E-state index is 13.4. The fraction of sp³-hybridized carbons (Fsp3) is 0.143. The summed E-state index contributed by atoms with van der Waals surface area (Å²) in [5.41, 5.74) is 6.45. The van der Waals surface area contributed by atoms with Crippen molar-refractivity contribution in [2.45, 2.75) is 13.5 Å². The van der Waals surface area contributed by atoms with E-state index in [1.54, 1.807) is 19.1 Å². The van der Waals surface area contributed by atoms with Crippen LogP contribution in [0.4, 0.5) is 15.8 Å². The Morgan fingerprint density at radius 3 is 2.80 bits per heavy atom. The predicted molar refractivity (Wildman–Crippen MR) is 74.9 cm³/mol. The van der Waals surface area contributed by atoms with Crippen LogP contribution in [0.15, 0.2) is 41.3 Å². The number of nitrogens with two attached hydrogens (primary N) is 1. The third-order valence-corrected chi connectivity index (χ3v) is 2.78. The summed E-state index contributed by atoms with van der Waals surface area (Å²) >= 11 is 0. The molecule has 0 saturated heterocycles. The minimum absolute atomic E-state index is 0.181. The highest BCUT2D eigenvalue weighted by Gasteiger charge is 2.07. The lowest BCUT2D eigenvalue weighted by Gasteiger charge is -2.08.